The van der Waals surface area contributed by atoms with E-state index in [4.69, 9.17) is 4.52 Å². The van der Waals surface area contributed by atoms with Crippen LogP contribution >= 0.6 is 0 Å². The third-order valence-corrected chi connectivity index (χ3v) is 4.19. The molecule has 1 aliphatic rings. The molecule has 6 nitrogen and oxygen atoms in total. The van der Waals surface area contributed by atoms with Crippen molar-refractivity contribution in [2.75, 3.05) is 13.1 Å². The molecule has 0 aromatic carbocycles. The van der Waals surface area contributed by atoms with E-state index < -0.39 is 11.4 Å². The number of carbonyl (C=O) groups is 2. The first-order valence-electron chi connectivity index (χ1n) is 6.71. The van der Waals surface area contributed by atoms with Gasteiger partial charge < -0.3 is 14.5 Å². The van der Waals surface area contributed by atoms with Gasteiger partial charge in [0.15, 0.2) is 0 Å². The lowest BCUT2D eigenvalue weighted by Crippen LogP contribution is -2.37. The first-order chi connectivity index (χ1) is 9.26. The number of likely N-dealkylation sites (tertiary alicyclic amines) is 1. The molecule has 0 unspecified atom stereocenters. The van der Waals surface area contributed by atoms with Gasteiger partial charge in [-0.15, -0.1) is 0 Å². The largest absolute Gasteiger partial charge is 0.481 e. The van der Waals surface area contributed by atoms with Crippen LogP contribution in [0.4, 0.5) is 0 Å². The van der Waals surface area contributed by atoms with Gasteiger partial charge in [0.2, 0.25) is 5.91 Å². The van der Waals surface area contributed by atoms with Crippen molar-refractivity contribution in [3.05, 3.63) is 17.0 Å². The van der Waals surface area contributed by atoms with Crippen LogP contribution in [0.5, 0.6) is 0 Å². The van der Waals surface area contributed by atoms with E-state index in [2.05, 4.69) is 5.16 Å². The summed E-state index contributed by atoms with van der Waals surface area (Å²) >= 11 is 0. The van der Waals surface area contributed by atoms with Gasteiger partial charge in [-0.1, -0.05) is 5.16 Å². The Hall–Kier alpha value is -1.85. The maximum atomic E-state index is 12.5. The summed E-state index contributed by atoms with van der Waals surface area (Å²) in [4.78, 5) is 25.4. The number of carboxylic acids is 1. The zero-order valence-corrected chi connectivity index (χ0v) is 12.3. The Kier molecular flexibility index (Phi) is 3.58. The molecule has 0 bridgehead atoms. The van der Waals surface area contributed by atoms with Crippen molar-refractivity contribution in [2.24, 2.45) is 5.41 Å². The van der Waals surface area contributed by atoms with Gasteiger partial charge in [-0.3, -0.25) is 9.59 Å². The predicted molar refractivity (Wildman–Crippen MR) is 71.3 cm³/mol. The highest BCUT2D eigenvalue weighted by molar-refractivity contribution is 5.85. The Morgan fingerprint density at radius 2 is 2.10 bits per heavy atom. The second-order valence-electron chi connectivity index (χ2n) is 5.84. The number of aromatic nitrogens is 1. The van der Waals surface area contributed by atoms with E-state index >= 15 is 0 Å². The predicted octanol–water partition coefficient (Wildman–Crippen LogP) is 1.72. The molecule has 1 aliphatic heterocycles. The van der Waals surface area contributed by atoms with Gasteiger partial charge >= 0.3 is 5.97 Å². The molecule has 110 valence electrons. The number of aryl methyl sites for hydroxylation is 2. The van der Waals surface area contributed by atoms with Gasteiger partial charge in [-0.25, -0.2) is 0 Å². The van der Waals surface area contributed by atoms with Crippen molar-refractivity contribution >= 4 is 11.9 Å². The number of rotatable bonds is 3. The fourth-order valence-electron chi connectivity index (χ4n) is 2.83. The lowest BCUT2D eigenvalue weighted by Gasteiger charge is -2.23. The Morgan fingerprint density at radius 3 is 2.55 bits per heavy atom. The molecule has 0 saturated carbocycles. The summed E-state index contributed by atoms with van der Waals surface area (Å²) in [5, 5.41) is 13.1. The van der Waals surface area contributed by atoms with E-state index in [0.717, 1.165) is 5.56 Å². The van der Waals surface area contributed by atoms with Crippen LogP contribution in [0.15, 0.2) is 4.52 Å². The number of hydrogen-bond donors (Lipinski definition) is 1. The molecule has 1 aromatic heterocycles. The van der Waals surface area contributed by atoms with Crippen molar-refractivity contribution in [3.63, 3.8) is 0 Å². The second-order valence-corrected chi connectivity index (χ2v) is 5.84. The third kappa shape index (κ3) is 2.30. The SMILES string of the molecule is Cc1noc(C)c1[C@@H](C)C(=O)N1CC[C@](C)(C(=O)O)C1. The fourth-order valence-corrected chi connectivity index (χ4v) is 2.83. The maximum absolute atomic E-state index is 12.5. The van der Waals surface area contributed by atoms with Gasteiger partial charge in [0, 0.05) is 18.7 Å². The average Bonchev–Trinajstić information content (AvgIpc) is 2.93. The van der Waals surface area contributed by atoms with Crippen molar-refractivity contribution in [1.29, 1.82) is 0 Å². The van der Waals surface area contributed by atoms with Gasteiger partial charge in [-0.2, -0.15) is 0 Å². The third-order valence-electron chi connectivity index (χ3n) is 4.19. The summed E-state index contributed by atoms with van der Waals surface area (Å²) < 4.78 is 5.09. The van der Waals surface area contributed by atoms with E-state index in [-0.39, 0.29) is 18.4 Å². The van der Waals surface area contributed by atoms with Gasteiger partial charge in [0.05, 0.1) is 17.0 Å². The molecule has 2 rings (SSSR count). The van der Waals surface area contributed by atoms with Crippen LogP contribution in [0, 0.1) is 19.3 Å². The lowest BCUT2D eigenvalue weighted by atomic mass is 9.90. The smallest absolute Gasteiger partial charge is 0.311 e. The van der Waals surface area contributed by atoms with Crippen molar-refractivity contribution in [3.8, 4) is 0 Å². The number of carboxylic acid groups (broad SMARTS) is 1. The minimum Gasteiger partial charge on any atom is -0.481 e. The summed E-state index contributed by atoms with van der Waals surface area (Å²) in [5.74, 6) is -0.636. The van der Waals surface area contributed by atoms with Crippen LogP contribution in [0.25, 0.3) is 0 Å². The average molecular weight is 280 g/mol. The van der Waals surface area contributed by atoms with Gasteiger partial charge in [0.1, 0.15) is 5.76 Å². The molecule has 2 atom stereocenters. The van der Waals surface area contributed by atoms with Crippen LogP contribution in [0.1, 0.15) is 43.2 Å². The molecule has 20 heavy (non-hydrogen) atoms. The van der Waals surface area contributed by atoms with Gasteiger partial charge in [-0.05, 0) is 34.1 Å². The summed E-state index contributed by atoms with van der Waals surface area (Å²) in [6, 6.07) is 0. The molecule has 1 fully saturated rings. The Balaban J connectivity index is 2.16. The highest BCUT2D eigenvalue weighted by atomic mass is 16.5. The first kappa shape index (κ1) is 14.6. The Morgan fingerprint density at radius 1 is 1.45 bits per heavy atom. The molecule has 2 heterocycles. The number of nitrogens with zero attached hydrogens (tertiary/aromatic N) is 2. The van der Waals surface area contributed by atoms with Crippen LogP contribution in [0.3, 0.4) is 0 Å². The summed E-state index contributed by atoms with van der Waals surface area (Å²) in [5.41, 5.74) is 0.677. The highest BCUT2D eigenvalue weighted by Gasteiger charge is 2.43. The molecular weight excluding hydrogens is 260 g/mol. The Bertz CT molecular complexity index is 532. The fraction of sp³-hybridized carbons (Fsp3) is 0.643. The number of carbonyl (C=O) groups excluding carboxylic acids is 1. The van der Waals surface area contributed by atoms with E-state index in [1.165, 1.54) is 0 Å². The number of aliphatic carboxylic acids is 1. The minimum absolute atomic E-state index is 0.0654. The monoisotopic (exact) mass is 280 g/mol. The molecule has 0 radical (unpaired) electrons. The molecule has 6 heteroatoms. The maximum Gasteiger partial charge on any atom is 0.311 e. The van der Waals surface area contributed by atoms with Crippen LogP contribution in [0.2, 0.25) is 0 Å². The molecule has 0 aliphatic carbocycles. The standard InChI is InChI=1S/C14H20N2O4/c1-8(11-9(2)15-20-10(11)3)12(17)16-6-5-14(4,7-16)13(18)19/h8H,5-7H2,1-4H3,(H,18,19)/t8-,14+/m1/s1. The lowest BCUT2D eigenvalue weighted by molar-refractivity contribution is -0.147. The van der Waals surface area contributed by atoms with Crippen LogP contribution in [-0.2, 0) is 9.59 Å². The normalized spacial score (nSPS) is 23.9. The minimum atomic E-state index is -0.849. The van der Waals surface area contributed by atoms with E-state index in [9.17, 15) is 14.7 Å². The van der Waals surface area contributed by atoms with Crippen molar-refractivity contribution in [1.82, 2.24) is 10.1 Å². The number of hydrogen-bond acceptors (Lipinski definition) is 4. The van der Waals surface area contributed by atoms with E-state index in [1.54, 1.807) is 25.7 Å². The van der Waals surface area contributed by atoms with E-state index in [1.807, 2.05) is 6.92 Å². The quantitative estimate of drug-likeness (QED) is 0.911. The number of amides is 1. The van der Waals surface area contributed by atoms with E-state index in [0.29, 0.717) is 24.4 Å². The molecule has 1 aromatic rings. The Labute approximate surface area is 117 Å². The van der Waals surface area contributed by atoms with Crippen LogP contribution < -0.4 is 0 Å². The van der Waals surface area contributed by atoms with Crippen LogP contribution in [-0.4, -0.2) is 40.1 Å². The zero-order valence-electron chi connectivity index (χ0n) is 12.3. The summed E-state index contributed by atoms with van der Waals surface area (Å²) in [6.45, 7) is 7.82. The van der Waals surface area contributed by atoms with Crippen molar-refractivity contribution < 1.29 is 19.2 Å². The molecule has 1 amide bonds. The van der Waals surface area contributed by atoms with Gasteiger partial charge in [0.25, 0.3) is 0 Å². The zero-order chi connectivity index (χ0) is 15.1. The molecule has 0 spiro atoms. The molecule has 1 N–H and O–H groups in total. The topological polar surface area (TPSA) is 83.6 Å². The highest BCUT2D eigenvalue weighted by Crippen LogP contribution is 2.33. The summed E-state index contributed by atoms with van der Waals surface area (Å²) in [6.07, 6.45) is 0.488. The molecular formula is C14H20N2O4. The first-order valence-corrected chi connectivity index (χ1v) is 6.71. The van der Waals surface area contributed by atoms with Crippen molar-refractivity contribution in [2.45, 2.75) is 40.0 Å². The summed E-state index contributed by atoms with van der Waals surface area (Å²) in [7, 11) is 0. The molecule has 1 saturated heterocycles. The second kappa shape index (κ2) is 4.92.